The number of piperidine rings is 1. The highest BCUT2D eigenvalue weighted by Gasteiger charge is 2.32. The van der Waals surface area contributed by atoms with E-state index in [1.54, 1.807) is 0 Å². The van der Waals surface area contributed by atoms with Crippen molar-refractivity contribution in [2.24, 2.45) is 0 Å². The first-order valence-electron chi connectivity index (χ1n) is 6.92. The molecule has 0 aromatic carbocycles. The van der Waals surface area contributed by atoms with Crippen molar-refractivity contribution in [2.45, 2.75) is 69.5 Å². The lowest BCUT2D eigenvalue weighted by molar-refractivity contribution is 0.183. The molecule has 2 nitrogen and oxygen atoms in total. The maximum absolute atomic E-state index is 3.87. The summed E-state index contributed by atoms with van der Waals surface area (Å²) in [6.07, 6.45) is 11.5. The Bertz CT molecular complexity index is 199. The molecular formula is C13H24N2. The summed E-state index contributed by atoms with van der Waals surface area (Å²) in [6, 6.07) is 2.68. The molecule has 2 heteroatoms. The van der Waals surface area contributed by atoms with Crippen LogP contribution < -0.4 is 5.32 Å². The largest absolute Gasteiger partial charge is 0.311 e. The molecule has 0 radical (unpaired) electrons. The molecule has 15 heavy (non-hydrogen) atoms. The van der Waals surface area contributed by atoms with Crippen LogP contribution >= 0.6 is 0 Å². The van der Waals surface area contributed by atoms with E-state index in [-0.39, 0.29) is 0 Å². The first kappa shape index (κ1) is 10.1. The van der Waals surface area contributed by atoms with Gasteiger partial charge in [-0.3, -0.25) is 0 Å². The summed E-state index contributed by atoms with van der Waals surface area (Å²) in [5.41, 5.74) is 0. The lowest BCUT2D eigenvalue weighted by atomic mass is 10.0. The first-order valence-corrected chi connectivity index (χ1v) is 6.92. The molecule has 1 saturated heterocycles. The number of hydrogen-bond donors (Lipinski definition) is 1. The van der Waals surface area contributed by atoms with Gasteiger partial charge in [0.2, 0.25) is 0 Å². The van der Waals surface area contributed by atoms with Gasteiger partial charge in [-0.15, -0.1) is 0 Å². The second kappa shape index (κ2) is 4.42. The third-order valence-corrected chi connectivity index (χ3v) is 4.42. The highest BCUT2D eigenvalue weighted by molar-refractivity contribution is 4.90. The Hall–Kier alpha value is -0.0800. The van der Waals surface area contributed by atoms with E-state index in [0.717, 1.165) is 18.1 Å². The smallest absolute Gasteiger partial charge is 0.00964 e. The average molecular weight is 208 g/mol. The van der Waals surface area contributed by atoms with E-state index in [1.807, 2.05) is 0 Å². The van der Waals surface area contributed by atoms with Crippen LogP contribution in [0.1, 0.15) is 51.4 Å². The lowest BCUT2D eigenvalue weighted by Gasteiger charge is -2.34. The summed E-state index contributed by atoms with van der Waals surface area (Å²) < 4.78 is 0. The van der Waals surface area contributed by atoms with Crippen LogP contribution in [0.4, 0.5) is 0 Å². The summed E-state index contributed by atoms with van der Waals surface area (Å²) >= 11 is 0. The van der Waals surface area contributed by atoms with Crippen LogP contribution in [0.15, 0.2) is 0 Å². The van der Waals surface area contributed by atoms with Crippen LogP contribution in [0.5, 0.6) is 0 Å². The van der Waals surface area contributed by atoms with Crippen molar-refractivity contribution in [1.29, 1.82) is 0 Å². The standard InChI is InChI=1S/C13H24N2/c1-2-4-11(3-1)14-12-7-9-15(10-8-12)13-5-6-13/h11-14H,1-10H2. The molecule has 0 bridgehead atoms. The van der Waals surface area contributed by atoms with E-state index >= 15 is 0 Å². The van der Waals surface area contributed by atoms with E-state index in [4.69, 9.17) is 0 Å². The lowest BCUT2D eigenvalue weighted by Crippen LogP contribution is -2.46. The Morgan fingerprint density at radius 3 is 1.93 bits per heavy atom. The Kier molecular flexibility index (Phi) is 2.98. The van der Waals surface area contributed by atoms with E-state index < -0.39 is 0 Å². The molecule has 0 aromatic rings. The Morgan fingerprint density at radius 2 is 1.33 bits per heavy atom. The minimum absolute atomic E-state index is 0.836. The summed E-state index contributed by atoms with van der Waals surface area (Å²) in [7, 11) is 0. The summed E-state index contributed by atoms with van der Waals surface area (Å²) in [5, 5.41) is 3.87. The fourth-order valence-corrected chi connectivity index (χ4v) is 3.30. The number of nitrogens with one attached hydrogen (secondary N) is 1. The zero-order chi connectivity index (χ0) is 10.1. The molecule has 0 amide bonds. The van der Waals surface area contributed by atoms with Crippen LogP contribution in [0.3, 0.4) is 0 Å². The number of nitrogens with zero attached hydrogens (tertiary/aromatic N) is 1. The van der Waals surface area contributed by atoms with Crippen molar-refractivity contribution in [2.75, 3.05) is 13.1 Å². The van der Waals surface area contributed by atoms with Gasteiger partial charge in [-0.1, -0.05) is 12.8 Å². The third-order valence-electron chi connectivity index (χ3n) is 4.42. The number of likely N-dealkylation sites (tertiary alicyclic amines) is 1. The number of hydrogen-bond acceptors (Lipinski definition) is 2. The van der Waals surface area contributed by atoms with Gasteiger partial charge in [-0.25, -0.2) is 0 Å². The van der Waals surface area contributed by atoms with Crippen molar-refractivity contribution in [3.05, 3.63) is 0 Å². The number of rotatable bonds is 3. The van der Waals surface area contributed by atoms with Gasteiger partial charge in [-0.05, 0) is 51.6 Å². The first-order chi connectivity index (χ1) is 7.42. The molecule has 2 aliphatic carbocycles. The van der Waals surface area contributed by atoms with Crippen molar-refractivity contribution >= 4 is 0 Å². The Morgan fingerprint density at radius 1 is 0.733 bits per heavy atom. The van der Waals surface area contributed by atoms with Gasteiger partial charge in [-0.2, -0.15) is 0 Å². The molecule has 2 saturated carbocycles. The molecule has 1 heterocycles. The summed E-state index contributed by atoms with van der Waals surface area (Å²) in [6.45, 7) is 2.71. The molecule has 3 fully saturated rings. The van der Waals surface area contributed by atoms with Crippen molar-refractivity contribution in [3.8, 4) is 0 Å². The molecule has 3 rings (SSSR count). The maximum Gasteiger partial charge on any atom is 0.00964 e. The molecule has 3 aliphatic rings. The van der Waals surface area contributed by atoms with Gasteiger partial charge in [0.25, 0.3) is 0 Å². The van der Waals surface area contributed by atoms with Gasteiger partial charge in [0.15, 0.2) is 0 Å². The highest BCUT2D eigenvalue weighted by atomic mass is 15.2. The molecule has 0 spiro atoms. The van der Waals surface area contributed by atoms with Crippen LogP contribution in [0.2, 0.25) is 0 Å². The van der Waals surface area contributed by atoms with Gasteiger partial charge in [0, 0.05) is 18.1 Å². The SMILES string of the molecule is C1CCC(NC2CCN(C3CC3)CC2)C1. The molecule has 1 aliphatic heterocycles. The second-order valence-corrected chi connectivity index (χ2v) is 5.69. The van der Waals surface area contributed by atoms with Gasteiger partial charge in [0.05, 0.1) is 0 Å². The Labute approximate surface area is 93.4 Å². The topological polar surface area (TPSA) is 15.3 Å². The van der Waals surface area contributed by atoms with Crippen LogP contribution in [-0.4, -0.2) is 36.1 Å². The fraction of sp³-hybridized carbons (Fsp3) is 1.00. The van der Waals surface area contributed by atoms with Crippen molar-refractivity contribution < 1.29 is 0 Å². The molecule has 0 aromatic heterocycles. The second-order valence-electron chi connectivity index (χ2n) is 5.69. The van der Waals surface area contributed by atoms with Gasteiger partial charge < -0.3 is 10.2 Å². The minimum Gasteiger partial charge on any atom is -0.311 e. The van der Waals surface area contributed by atoms with Crippen LogP contribution in [0, 0.1) is 0 Å². The third kappa shape index (κ3) is 2.54. The van der Waals surface area contributed by atoms with Crippen molar-refractivity contribution in [1.82, 2.24) is 10.2 Å². The predicted molar refractivity (Wildman–Crippen MR) is 63.0 cm³/mol. The van der Waals surface area contributed by atoms with E-state index in [9.17, 15) is 0 Å². The van der Waals surface area contributed by atoms with Crippen LogP contribution in [-0.2, 0) is 0 Å². The zero-order valence-electron chi connectivity index (χ0n) is 9.75. The normalized spacial score (nSPS) is 31.2. The monoisotopic (exact) mass is 208 g/mol. The van der Waals surface area contributed by atoms with Gasteiger partial charge in [0.1, 0.15) is 0 Å². The molecule has 1 N–H and O–H groups in total. The summed E-state index contributed by atoms with van der Waals surface area (Å²) in [4.78, 5) is 2.72. The average Bonchev–Trinajstić information content (AvgIpc) is 2.99. The molecular weight excluding hydrogens is 184 g/mol. The quantitative estimate of drug-likeness (QED) is 0.764. The van der Waals surface area contributed by atoms with Gasteiger partial charge >= 0.3 is 0 Å². The predicted octanol–water partition coefficient (Wildman–Crippen LogP) is 2.15. The molecule has 0 atom stereocenters. The van der Waals surface area contributed by atoms with Crippen molar-refractivity contribution in [3.63, 3.8) is 0 Å². The summed E-state index contributed by atoms with van der Waals surface area (Å²) in [5.74, 6) is 0. The highest BCUT2D eigenvalue weighted by Crippen LogP contribution is 2.29. The zero-order valence-corrected chi connectivity index (χ0v) is 9.75. The minimum atomic E-state index is 0.836. The van der Waals surface area contributed by atoms with E-state index in [2.05, 4.69) is 10.2 Å². The fourth-order valence-electron chi connectivity index (χ4n) is 3.30. The Balaban J connectivity index is 1.40. The molecule has 86 valence electrons. The maximum atomic E-state index is 3.87. The van der Waals surface area contributed by atoms with Crippen LogP contribution in [0.25, 0.3) is 0 Å². The van der Waals surface area contributed by atoms with E-state index in [0.29, 0.717) is 0 Å². The molecule has 0 unspecified atom stereocenters. The van der Waals surface area contributed by atoms with E-state index in [1.165, 1.54) is 64.5 Å².